The number of anilines is 1. The summed E-state index contributed by atoms with van der Waals surface area (Å²) in [5, 5.41) is 10.1. The molecule has 0 unspecified atom stereocenters. The van der Waals surface area contributed by atoms with Crippen LogP contribution < -0.4 is 14.4 Å². The first-order valence-corrected chi connectivity index (χ1v) is 13.8. The lowest BCUT2D eigenvalue weighted by atomic mass is 10.0. The summed E-state index contributed by atoms with van der Waals surface area (Å²) in [4.78, 5) is 28.8. The Morgan fingerprint density at radius 1 is 1.12 bits per heavy atom. The number of hydrogen-bond acceptors (Lipinski definition) is 7. The van der Waals surface area contributed by atoms with Gasteiger partial charge in [-0.05, 0) is 79.7 Å². The van der Waals surface area contributed by atoms with E-state index < -0.39 is 11.9 Å². The number of nitrogens with zero attached hydrogens (tertiary/aromatic N) is 3. The number of halogens is 1. The molecule has 214 valence electrons. The lowest BCUT2D eigenvalue weighted by molar-refractivity contribution is -0.140. The Morgan fingerprint density at radius 2 is 1.86 bits per heavy atom. The molecule has 1 saturated heterocycles. The van der Waals surface area contributed by atoms with Crippen molar-refractivity contribution in [2.75, 3.05) is 25.2 Å². The highest BCUT2D eigenvalue weighted by Crippen LogP contribution is 2.37. The second kappa shape index (κ2) is 13.8. The SMILES string of the molecule is C=CCc1cc(/C=C2/C(=O)N(c3ccc(Cl)cc3)C(=S)N2CC(=O)OC)cc(OCC)c1OCc1ccccc1C#N. The largest absolute Gasteiger partial charge is 0.490 e. The number of carbonyl (C=O) groups excluding carboxylic acids is 2. The number of thiocarbonyl (C=S) groups is 1. The number of ether oxygens (including phenoxy) is 3. The van der Waals surface area contributed by atoms with Crippen LogP contribution in [0.4, 0.5) is 5.69 Å². The van der Waals surface area contributed by atoms with E-state index in [1.54, 1.807) is 54.6 Å². The fourth-order valence-electron chi connectivity index (χ4n) is 4.41. The Labute approximate surface area is 255 Å². The van der Waals surface area contributed by atoms with Crippen LogP contribution >= 0.6 is 23.8 Å². The number of nitriles is 1. The van der Waals surface area contributed by atoms with Crippen LogP contribution in [0.3, 0.4) is 0 Å². The molecular formula is C32H28ClN3O5S. The maximum Gasteiger partial charge on any atom is 0.325 e. The molecule has 0 spiro atoms. The van der Waals surface area contributed by atoms with E-state index in [2.05, 4.69) is 12.6 Å². The van der Waals surface area contributed by atoms with Crippen LogP contribution in [0.1, 0.15) is 29.2 Å². The first kappa shape index (κ1) is 30.3. The average molecular weight is 602 g/mol. The normalized spacial score (nSPS) is 13.7. The minimum absolute atomic E-state index is 0.131. The van der Waals surface area contributed by atoms with Crippen molar-refractivity contribution in [3.63, 3.8) is 0 Å². The van der Waals surface area contributed by atoms with Gasteiger partial charge in [0.15, 0.2) is 16.6 Å². The zero-order valence-corrected chi connectivity index (χ0v) is 24.7. The Bertz CT molecular complexity index is 1600. The van der Waals surface area contributed by atoms with Crippen LogP contribution in [0.5, 0.6) is 11.5 Å². The molecule has 1 amide bonds. The van der Waals surface area contributed by atoms with Crippen molar-refractivity contribution >= 4 is 52.6 Å². The zero-order valence-electron chi connectivity index (χ0n) is 23.1. The maximum absolute atomic E-state index is 13.7. The topological polar surface area (TPSA) is 92.1 Å². The van der Waals surface area contributed by atoms with Gasteiger partial charge in [0, 0.05) is 16.1 Å². The second-order valence-electron chi connectivity index (χ2n) is 9.08. The first-order valence-electron chi connectivity index (χ1n) is 13.0. The summed E-state index contributed by atoms with van der Waals surface area (Å²) in [5.74, 6) is -0.00462. The molecule has 0 N–H and O–H groups in total. The molecule has 10 heteroatoms. The van der Waals surface area contributed by atoms with Crippen molar-refractivity contribution in [1.82, 2.24) is 4.90 Å². The van der Waals surface area contributed by atoms with Gasteiger partial charge in [-0.1, -0.05) is 35.9 Å². The number of rotatable bonds is 11. The minimum Gasteiger partial charge on any atom is -0.490 e. The third kappa shape index (κ3) is 6.62. The van der Waals surface area contributed by atoms with Gasteiger partial charge in [0.05, 0.1) is 31.0 Å². The van der Waals surface area contributed by atoms with E-state index in [-0.39, 0.29) is 24.0 Å². The molecule has 3 aromatic carbocycles. The van der Waals surface area contributed by atoms with Crippen molar-refractivity contribution in [2.24, 2.45) is 0 Å². The van der Waals surface area contributed by atoms with Crippen molar-refractivity contribution in [3.8, 4) is 17.6 Å². The first-order chi connectivity index (χ1) is 20.3. The quantitative estimate of drug-likeness (QED) is 0.113. The summed E-state index contributed by atoms with van der Waals surface area (Å²) < 4.78 is 17.0. The molecule has 1 fully saturated rings. The van der Waals surface area contributed by atoms with Crippen molar-refractivity contribution in [3.05, 3.63) is 106 Å². The molecule has 3 aromatic rings. The second-order valence-corrected chi connectivity index (χ2v) is 9.88. The summed E-state index contributed by atoms with van der Waals surface area (Å²) in [6.07, 6.45) is 3.83. The number of methoxy groups -OCH3 is 1. The molecular weight excluding hydrogens is 574 g/mol. The van der Waals surface area contributed by atoms with E-state index in [0.717, 1.165) is 11.1 Å². The van der Waals surface area contributed by atoms with Crippen LogP contribution in [-0.2, 0) is 27.4 Å². The maximum atomic E-state index is 13.7. The van der Waals surface area contributed by atoms with Crippen molar-refractivity contribution in [2.45, 2.75) is 20.0 Å². The Kier molecular flexibility index (Phi) is 9.97. The van der Waals surface area contributed by atoms with Crippen molar-refractivity contribution < 1.29 is 23.8 Å². The number of esters is 1. The van der Waals surface area contributed by atoms with Crippen LogP contribution in [0.15, 0.2) is 79.0 Å². The highest BCUT2D eigenvalue weighted by atomic mass is 35.5. The Morgan fingerprint density at radius 3 is 2.52 bits per heavy atom. The zero-order chi connectivity index (χ0) is 30.2. The van der Waals surface area contributed by atoms with Gasteiger partial charge in [-0.2, -0.15) is 5.26 Å². The van der Waals surface area contributed by atoms with Crippen LogP contribution in [0.2, 0.25) is 5.02 Å². The summed E-state index contributed by atoms with van der Waals surface area (Å²) in [5.41, 5.74) is 3.34. The Hall–Kier alpha value is -4.65. The number of allylic oxidation sites excluding steroid dienone is 1. The standard InChI is InChI=1S/C32H28ClN3O5S/c1-4-8-22-15-21(17-28(40-5-2)30(22)41-20-24-10-7-6-9-23(24)18-34)16-27-31(38)36(26-13-11-25(33)12-14-26)32(42)35(27)19-29(37)39-3/h4,6-7,9-17H,1,5,8,19-20H2,2-3H3/b27-16-. The van der Waals surface area contributed by atoms with Gasteiger partial charge in [0.2, 0.25) is 0 Å². The van der Waals surface area contributed by atoms with E-state index in [4.69, 9.17) is 38.0 Å². The van der Waals surface area contributed by atoms with Crippen LogP contribution in [0.25, 0.3) is 6.08 Å². The summed E-state index contributed by atoms with van der Waals surface area (Å²) in [6.45, 7) is 5.99. The summed E-state index contributed by atoms with van der Waals surface area (Å²) in [6, 6.07) is 19.7. The highest BCUT2D eigenvalue weighted by molar-refractivity contribution is 7.80. The Balaban J connectivity index is 1.78. The number of benzene rings is 3. The van der Waals surface area contributed by atoms with E-state index >= 15 is 0 Å². The van der Waals surface area contributed by atoms with Gasteiger partial charge >= 0.3 is 5.97 Å². The van der Waals surface area contributed by atoms with Gasteiger partial charge in [-0.3, -0.25) is 14.5 Å². The van der Waals surface area contributed by atoms with Gasteiger partial charge < -0.3 is 19.1 Å². The number of hydrogen-bond donors (Lipinski definition) is 0. The molecule has 1 heterocycles. The monoisotopic (exact) mass is 601 g/mol. The molecule has 0 bridgehead atoms. The smallest absolute Gasteiger partial charge is 0.325 e. The molecule has 42 heavy (non-hydrogen) atoms. The summed E-state index contributed by atoms with van der Waals surface area (Å²) in [7, 11) is 1.27. The van der Waals surface area contributed by atoms with Crippen molar-refractivity contribution in [1.29, 1.82) is 5.26 Å². The molecule has 4 rings (SSSR count). The third-order valence-corrected chi connectivity index (χ3v) is 7.02. The van der Waals surface area contributed by atoms with Gasteiger partial charge in [-0.25, -0.2) is 0 Å². The molecule has 8 nitrogen and oxygen atoms in total. The molecule has 0 aliphatic carbocycles. The lowest BCUT2D eigenvalue weighted by Crippen LogP contribution is -2.35. The van der Waals surface area contributed by atoms with Gasteiger partial charge in [0.1, 0.15) is 18.8 Å². The highest BCUT2D eigenvalue weighted by Gasteiger charge is 2.40. The molecule has 1 aliphatic heterocycles. The minimum atomic E-state index is -0.558. The van der Waals surface area contributed by atoms with E-state index in [9.17, 15) is 14.9 Å². The predicted molar refractivity (Wildman–Crippen MR) is 165 cm³/mol. The van der Waals surface area contributed by atoms with E-state index in [1.807, 2.05) is 25.1 Å². The average Bonchev–Trinajstić information content (AvgIpc) is 3.21. The van der Waals surface area contributed by atoms with Crippen LogP contribution in [0, 0.1) is 11.3 Å². The van der Waals surface area contributed by atoms with E-state index in [1.165, 1.54) is 16.9 Å². The van der Waals surface area contributed by atoms with Crippen LogP contribution in [-0.4, -0.2) is 42.2 Å². The molecule has 1 aliphatic rings. The fourth-order valence-corrected chi connectivity index (χ4v) is 4.89. The number of amides is 1. The molecule has 0 aromatic heterocycles. The molecule has 0 atom stereocenters. The summed E-state index contributed by atoms with van der Waals surface area (Å²) >= 11 is 11.7. The van der Waals surface area contributed by atoms with E-state index in [0.29, 0.717) is 46.4 Å². The fraction of sp³-hybridized carbons (Fsp3) is 0.188. The predicted octanol–water partition coefficient (Wildman–Crippen LogP) is 6.07. The molecule has 0 saturated carbocycles. The third-order valence-electron chi connectivity index (χ3n) is 6.37. The number of carbonyl (C=O) groups is 2. The lowest BCUT2D eigenvalue weighted by Gasteiger charge is -2.19. The van der Waals surface area contributed by atoms with Gasteiger partial charge in [-0.15, -0.1) is 6.58 Å². The molecule has 0 radical (unpaired) electrons. The van der Waals surface area contributed by atoms with Gasteiger partial charge in [0.25, 0.3) is 5.91 Å².